The number of furan rings is 1. The Bertz CT molecular complexity index is 922. The van der Waals surface area contributed by atoms with Gasteiger partial charge in [0.1, 0.15) is 17.1 Å². The lowest BCUT2D eigenvalue weighted by atomic mass is 10.2. The van der Waals surface area contributed by atoms with E-state index in [-0.39, 0.29) is 11.6 Å². The summed E-state index contributed by atoms with van der Waals surface area (Å²) < 4.78 is 7.40. The van der Waals surface area contributed by atoms with Gasteiger partial charge in [-0.05, 0) is 38.1 Å². The van der Waals surface area contributed by atoms with Crippen molar-refractivity contribution in [1.29, 1.82) is 0 Å². The molecular formula is C18H22N6O2. The van der Waals surface area contributed by atoms with Crippen LogP contribution in [0.4, 0.5) is 5.95 Å². The molecule has 136 valence electrons. The van der Waals surface area contributed by atoms with Crippen molar-refractivity contribution in [3.05, 3.63) is 47.1 Å². The predicted molar refractivity (Wildman–Crippen MR) is 97.9 cm³/mol. The topological polar surface area (TPSA) is 89.1 Å². The molecule has 0 aliphatic rings. The molecule has 3 aromatic heterocycles. The minimum atomic E-state index is -0.289. The first-order chi connectivity index (χ1) is 12.3. The fraction of sp³-hybridized carbons (Fsp3) is 0.333. The molecule has 0 bridgehead atoms. The van der Waals surface area contributed by atoms with Gasteiger partial charge in [0.15, 0.2) is 5.76 Å². The van der Waals surface area contributed by atoms with Crippen LogP contribution in [-0.2, 0) is 13.6 Å². The van der Waals surface area contributed by atoms with Crippen LogP contribution in [0, 0.1) is 13.8 Å². The Morgan fingerprint density at radius 3 is 2.58 bits per heavy atom. The van der Waals surface area contributed by atoms with Crippen molar-refractivity contribution >= 4 is 11.9 Å². The van der Waals surface area contributed by atoms with E-state index in [0.717, 1.165) is 17.1 Å². The maximum atomic E-state index is 12.6. The Kier molecular flexibility index (Phi) is 4.75. The van der Waals surface area contributed by atoms with Crippen molar-refractivity contribution in [3.63, 3.8) is 0 Å². The molecule has 0 saturated carbocycles. The van der Waals surface area contributed by atoms with E-state index < -0.39 is 0 Å². The highest BCUT2D eigenvalue weighted by molar-refractivity contribution is 5.93. The molecule has 0 aliphatic carbocycles. The van der Waals surface area contributed by atoms with E-state index in [2.05, 4.69) is 20.4 Å². The van der Waals surface area contributed by atoms with Gasteiger partial charge in [0, 0.05) is 26.8 Å². The van der Waals surface area contributed by atoms with Gasteiger partial charge in [-0.15, -0.1) is 0 Å². The number of amides is 1. The first-order valence-corrected chi connectivity index (χ1v) is 8.24. The molecule has 8 nitrogen and oxygen atoms in total. The molecule has 3 aromatic rings. The number of aryl methyl sites for hydroxylation is 3. The molecule has 0 saturated heterocycles. The summed E-state index contributed by atoms with van der Waals surface area (Å²) in [6.45, 7) is 4.15. The minimum Gasteiger partial charge on any atom is -0.460 e. The first kappa shape index (κ1) is 17.7. The molecule has 0 aromatic carbocycles. The average Bonchev–Trinajstić information content (AvgIpc) is 3.18. The highest BCUT2D eigenvalue weighted by Crippen LogP contribution is 2.22. The summed E-state index contributed by atoms with van der Waals surface area (Å²) in [6.07, 6.45) is 0. The van der Waals surface area contributed by atoms with Crippen LogP contribution < -0.4 is 10.2 Å². The average molecular weight is 354 g/mol. The largest absolute Gasteiger partial charge is 0.460 e. The molecule has 3 rings (SSSR count). The van der Waals surface area contributed by atoms with E-state index in [1.165, 1.54) is 0 Å². The predicted octanol–water partition coefficient (Wildman–Crippen LogP) is 2.08. The fourth-order valence-electron chi connectivity index (χ4n) is 2.43. The lowest BCUT2D eigenvalue weighted by molar-refractivity contribution is 0.0945. The summed E-state index contributed by atoms with van der Waals surface area (Å²) in [7, 11) is 5.52. The number of carbonyl (C=O) groups excluding carboxylic acids is 1. The highest BCUT2D eigenvalue weighted by atomic mass is 16.3. The molecule has 0 atom stereocenters. The van der Waals surface area contributed by atoms with Gasteiger partial charge in [-0.2, -0.15) is 5.10 Å². The molecule has 3 heterocycles. The van der Waals surface area contributed by atoms with Crippen molar-refractivity contribution in [2.45, 2.75) is 20.4 Å². The highest BCUT2D eigenvalue weighted by Gasteiger charge is 2.16. The van der Waals surface area contributed by atoms with Gasteiger partial charge in [-0.25, -0.2) is 9.97 Å². The number of hydrogen-bond donors (Lipinski definition) is 1. The SMILES string of the molecule is Cc1ccc(-c2cc(C(=O)NCc3cc(C)n(C)n3)nc(N(C)C)n2)o1. The zero-order valence-corrected chi connectivity index (χ0v) is 15.6. The molecule has 1 N–H and O–H groups in total. The molecule has 0 spiro atoms. The Hall–Kier alpha value is -3.16. The van der Waals surface area contributed by atoms with E-state index >= 15 is 0 Å². The first-order valence-electron chi connectivity index (χ1n) is 8.24. The van der Waals surface area contributed by atoms with E-state index in [4.69, 9.17) is 4.42 Å². The zero-order valence-electron chi connectivity index (χ0n) is 15.6. The van der Waals surface area contributed by atoms with Gasteiger partial charge in [-0.3, -0.25) is 9.48 Å². The molecule has 8 heteroatoms. The zero-order chi connectivity index (χ0) is 18.8. The normalized spacial score (nSPS) is 10.8. The molecule has 0 radical (unpaired) electrons. The standard InChI is InChI=1S/C18H22N6O2/c1-11-8-13(22-24(11)5)10-19-17(25)15-9-14(16-7-6-12(2)26-16)20-18(21-15)23(3)4/h6-9H,10H2,1-5H3,(H,19,25). The van der Waals surface area contributed by atoms with E-state index in [0.29, 0.717) is 23.9 Å². The van der Waals surface area contributed by atoms with Crippen LogP contribution in [0.15, 0.2) is 28.7 Å². The number of nitrogens with zero attached hydrogens (tertiary/aromatic N) is 5. The van der Waals surface area contributed by atoms with Gasteiger partial charge >= 0.3 is 0 Å². The van der Waals surface area contributed by atoms with Crippen molar-refractivity contribution in [2.75, 3.05) is 19.0 Å². The lowest BCUT2D eigenvalue weighted by Crippen LogP contribution is -2.25. The summed E-state index contributed by atoms with van der Waals surface area (Å²) >= 11 is 0. The number of carbonyl (C=O) groups is 1. The maximum Gasteiger partial charge on any atom is 0.270 e. The van der Waals surface area contributed by atoms with E-state index in [9.17, 15) is 4.79 Å². The van der Waals surface area contributed by atoms with Crippen LogP contribution >= 0.6 is 0 Å². The number of anilines is 1. The summed E-state index contributed by atoms with van der Waals surface area (Å²) in [5.41, 5.74) is 2.67. The fourth-order valence-corrected chi connectivity index (χ4v) is 2.43. The summed E-state index contributed by atoms with van der Waals surface area (Å²) in [6, 6.07) is 7.25. The molecular weight excluding hydrogens is 332 g/mol. The second-order valence-electron chi connectivity index (χ2n) is 6.33. The Labute approximate surface area is 151 Å². The maximum absolute atomic E-state index is 12.6. The second-order valence-corrected chi connectivity index (χ2v) is 6.33. The number of rotatable bonds is 5. The van der Waals surface area contributed by atoms with Gasteiger partial charge in [0.2, 0.25) is 5.95 Å². The lowest BCUT2D eigenvalue weighted by Gasteiger charge is -2.12. The van der Waals surface area contributed by atoms with Crippen LogP contribution in [-0.4, -0.2) is 39.8 Å². The third-order valence-corrected chi connectivity index (χ3v) is 3.93. The smallest absolute Gasteiger partial charge is 0.270 e. The molecule has 0 fully saturated rings. The van der Waals surface area contributed by atoms with Crippen LogP contribution in [0.2, 0.25) is 0 Å². The molecule has 26 heavy (non-hydrogen) atoms. The molecule has 1 amide bonds. The molecule has 0 aliphatic heterocycles. The Morgan fingerprint density at radius 1 is 1.23 bits per heavy atom. The van der Waals surface area contributed by atoms with Crippen LogP contribution in [0.3, 0.4) is 0 Å². The van der Waals surface area contributed by atoms with Crippen molar-refractivity contribution < 1.29 is 9.21 Å². The molecule has 0 unspecified atom stereocenters. The summed E-state index contributed by atoms with van der Waals surface area (Å²) in [4.78, 5) is 23.1. The second kappa shape index (κ2) is 6.99. The third kappa shape index (κ3) is 3.74. The third-order valence-electron chi connectivity index (χ3n) is 3.93. The van der Waals surface area contributed by atoms with Crippen LogP contribution in [0.1, 0.15) is 27.6 Å². The van der Waals surface area contributed by atoms with E-state index in [1.807, 2.05) is 53.2 Å². The van der Waals surface area contributed by atoms with Gasteiger partial charge in [0.05, 0.1) is 12.2 Å². The van der Waals surface area contributed by atoms with Crippen molar-refractivity contribution in [2.24, 2.45) is 7.05 Å². The summed E-state index contributed by atoms with van der Waals surface area (Å²) in [5.74, 6) is 1.53. The number of aromatic nitrogens is 4. The quantitative estimate of drug-likeness (QED) is 0.755. The number of hydrogen-bond acceptors (Lipinski definition) is 6. The van der Waals surface area contributed by atoms with Crippen molar-refractivity contribution in [3.8, 4) is 11.5 Å². The van der Waals surface area contributed by atoms with Gasteiger partial charge in [0.25, 0.3) is 5.91 Å². The summed E-state index contributed by atoms with van der Waals surface area (Å²) in [5, 5.41) is 7.19. The minimum absolute atomic E-state index is 0.278. The van der Waals surface area contributed by atoms with Crippen molar-refractivity contribution in [1.82, 2.24) is 25.1 Å². The van der Waals surface area contributed by atoms with Gasteiger partial charge in [-0.1, -0.05) is 0 Å². The van der Waals surface area contributed by atoms with Gasteiger partial charge < -0.3 is 14.6 Å². The Morgan fingerprint density at radius 2 is 2.00 bits per heavy atom. The van der Waals surface area contributed by atoms with Crippen LogP contribution in [0.25, 0.3) is 11.5 Å². The van der Waals surface area contributed by atoms with E-state index in [1.54, 1.807) is 15.6 Å². The Balaban J connectivity index is 1.85. The van der Waals surface area contributed by atoms with Crippen LogP contribution in [0.5, 0.6) is 0 Å². The monoisotopic (exact) mass is 354 g/mol. The number of nitrogens with one attached hydrogen (secondary N) is 1.